The maximum atomic E-state index is 12.3. The van der Waals surface area contributed by atoms with Crippen molar-refractivity contribution in [1.29, 1.82) is 0 Å². The maximum absolute atomic E-state index is 12.3. The Balaban J connectivity index is 2.04. The van der Waals surface area contributed by atoms with E-state index in [2.05, 4.69) is 10.6 Å². The monoisotopic (exact) mass is 476 g/mol. The number of aromatic hydroxyl groups is 1. The average Bonchev–Trinajstić information content (AvgIpc) is 2.84. The summed E-state index contributed by atoms with van der Waals surface area (Å²) < 4.78 is 4.83. The third kappa shape index (κ3) is 14.6. The summed E-state index contributed by atoms with van der Waals surface area (Å²) in [4.78, 5) is 35.5. The lowest BCUT2D eigenvalue weighted by molar-refractivity contribution is -0.145. The molecule has 3 N–H and O–H groups in total. The second-order valence-corrected chi connectivity index (χ2v) is 8.93. The number of methoxy groups -OCH3 is 1. The van der Waals surface area contributed by atoms with Crippen LogP contribution in [0.5, 0.6) is 5.75 Å². The van der Waals surface area contributed by atoms with Crippen LogP contribution in [0.25, 0.3) is 0 Å². The van der Waals surface area contributed by atoms with Crippen LogP contribution in [0.15, 0.2) is 24.3 Å². The number of nitrogens with one attached hydrogen (secondary N) is 2. The summed E-state index contributed by atoms with van der Waals surface area (Å²) in [5.41, 5.74) is 0.842. The molecule has 192 valence electrons. The predicted octanol–water partition coefficient (Wildman–Crippen LogP) is 4.80. The quantitative estimate of drug-likeness (QED) is 0.196. The Morgan fingerprint density at radius 1 is 0.765 bits per heavy atom. The Labute approximate surface area is 205 Å². The van der Waals surface area contributed by atoms with Gasteiger partial charge >= 0.3 is 5.97 Å². The highest BCUT2D eigenvalue weighted by Gasteiger charge is 2.21. The van der Waals surface area contributed by atoms with Gasteiger partial charge in [0.25, 0.3) is 0 Å². The Hall–Kier alpha value is -2.57. The van der Waals surface area contributed by atoms with E-state index in [4.69, 9.17) is 4.74 Å². The normalized spacial score (nSPS) is 11.6. The van der Waals surface area contributed by atoms with Crippen molar-refractivity contribution in [2.75, 3.05) is 14.2 Å². The van der Waals surface area contributed by atoms with E-state index in [1.54, 1.807) is 31.3 Å². The molecule has 1 aromatic rings. The molecule has 7 nitrogen and oxygen atoms in total. The zero-order chi connectivity index (χ0) is 25.0. The number of hydrogen-bond acceptors (Lipinski definition) is 5. The molecule has 0 unspecified atom stereocenters. The van der Waals surface area contributed by atoms with Gasteiger partial charge in [-0.1, -0.05) is 76.3 Å². The van der Waals surface area contributed by atoms with Gasteiger partial charge in [-0.05, 0) is 30.5 Å². The molecule has 34 heavy (non-hydrogen) atoms. The topological polar surface area (TPSA) is 105 Å². The minimum Gasteiger partial charge on any atom is -0.508 e. The van der Waals surface area contributed by atoms with Crippen molar-refractivity contribution >= 4 is 17.8 Å². The van der Waals surface area contributed by atoms with Crippen molar-refractivity contribution in [3.05, 3.63) is 29.8 Å². The maximum Gasteiger partial charge on any atom is 0.328 e. The lowest BCUT2D eigenvalue weighted by Gasteiger charge is -2.16. The number of carbonyl (C=O) groups is 3. The number of amides is 2. The zero-order valence-corrected chi connectivity index (χ0v) is 21.1. The van der Waals surface area contributed by atoms with Crippen LogP contribution < -0.4 is 10.6 Å². The predicted molar refractivity (Wildman–Crippen MR) is 134 cm³/mol. The summed E-state index contributed by atoms with van der Waals surface area (Å²) in [5.74, 6) is -0.306. The van der Waals surface area contributed by atoms with Gasteiger partial charge in [0.1, 0.15) is 11.8 Å². The van der Waals surface area contributed by atoms with E-state index in [0.29, 0.717) is 19.3 Å². The molecular weight excluding hydrogens is 432 g/mol. The number of phenols is 1. The van der Waals surface area contributed by atoms with Crippen LogP contribution in [-0.2, 0) is 25.5 Å². The molecule has 7 heteroatoms. The Kier molecular flexibility index (Phi) is 16.3. The lowest BCUT2D eigenvalue weighted by atomic mass is 10.0. The van der Waals surface area contributed by atoms with Crippen LogP contribution in [0.2, 0.25) is 0 Å². The van der Waals surface area contributed by atoms with Crippen LogP contribution >= 0.6 is 0 Å². The molecule has 1 atom stereocenters. The van der Waals surface area contributed by atoms with E-state index in [-0.39, 0.29) is 17.6 Å². The minimum atomic E-state index is -0.724. The van der Waals surface area contributed by atoms with Gasteiger partial charge < -0.3 is 20.5 Å². The number of benzene rings is 1. The van der Waals surface area contributed by atoms with Gasteiger partial charge in [0, 0.05) is 26.3 Å². The van der Waals surface area contributed by atoms with E-state index in [9.17, 15) is 19.5 Å². The summed E-state index contributed by atoms with van der Waals surface area (Å²) in [6.07, 6.45) is 15.1. The highest BCUT2D eigenvalue weighted by Crippen LogP contribution is 2.14. The fourth-order valence-electron chi connectivity index (χ4n) is 3.93. The van der Waals surface area contributed by atoms with Crippen molar-refractivity contribution in [2.24, 2.45) is 0 Å². The fourth-order valence-corrected chi connectivity index (χ4v) is 3.93. The highest BCUT2D eigenvalue weighted by molar-refractivity contribution is 5.84. The Morgan fingerprint density at radius 2 is 1.21 bits per heavy atom. The van der Waals surface area contributed by atoms with E-state index < -0.39 is 12.0 Å². The van der Waals surface area contributed by atoms with Gasteiger partial charge in [-0.25, -0.2) is 4.79 Å². The second kappa shape index (κ2) is 18.8. The standard InChI is InChI=1S/C27H44N2O5/c1-28-25(31)15-13-11-9-7-5-3-4-6-8-10-12-14-16-26(32)29-24(27(33)34-2)21-22-17-19-23(30)20-18-22/h17-20,24,30H,3-16,21H2,1-2H3,(H,28,31)(H,29,32)/t24-/m0/s1. The first-order valence-electron chi connectivity index (χ1n) is 12.8. The molecule has 0 aliphatic carbocycles. The first-order valence-corrected chi connectivity index (χ1v) is 12.8. The molecule has 0 spiro atoms. The largest absolute Gasteiger partial charge is 0.508 e. The fraction of sp³-hybridized carbons (Fsp3) is 0.667. The Bertz CT molecular complexity index is 705. The lowest BCUT2D eigenvalue weighted by Crippen LogP contribution is -2.43. The Morgan fingerprint density at radius 3 is 1.65 bits per heavy atom. The second-order valence-electron chi connectivity index (χ2n) is 8.93. The van der Waals surface area contributed by atoms with Crippen LogP contribution in [0, 0.1) is 0 Å². The van der Waals surface area contributed by atoms with Crippen molar-refractivity contribution in [3.8, 4) is 5.75 Å². The molecule has 0 heterocycles. The van der Waals surface area contributed by atoms with Crippen molar-refractivity contribution < 1.29 is 24.2 Å². The molecule has 1 rings (SSSR count). The van der Waals surface area contributed by atoms with Crippen molar-refractivity contribution in [3.63, 3.8) is 0 Å². The first-order chi connectivity index (χ1) is 16.5. The number of unbranched alkanes of at least 4 members (excludes halogenated alkanes) is 11. The number of hydrogen-bond donors (Lipinski definition) is 3. The molecule has 0 fully saturated rings. The molecule has 0 bridgehead atoms. The van der Waals surface area contributed by atoms with Crippen LogP contribution in [0.4, 0.5) is 0 Å². The van der Waals surface area contributed by atoms with Gasteiger partial charge in [-0.3, -0.25) is 9.59 Å². The summed E-state index contributed by atoms with van der Waals surface area (Å²) >= 11 is 0. The highest BCUT2D eigenvalue weighted by atomic mass is 16.5. The number of esters is 1. The summed E-state index contributed by atoms with van der Waals surface area (Å²) in [6, 6.07) is 5.85. The molecule has 2 amide bonds. The van der Waals surface area contributed by atoms with Crippen molar-refractivity contribution in [1.82, 2.24) is 10.6 Å². The van der Waals surface area contributed by atoms with Gasteiger partial charge in [0.15, 0.2) is 0 Å². The van der Waals surface area contributed by atoms with Crippen LogP contribution in [-0.4, -0.2) is 43.1 Å². The smallest absolute Gasteiger partial charge is 0.328 e. The van der Waals surface area contributed by atoms with E-state index in [0.717, 1.165) is 37.7 Å². The van der Waals surface area contributed by atoms with Gasteiger partial charge in [0.2, 0.25) is 11.8 Å². The third-order valence-electron chi connectivity index (χ3n) is 6.03. The van der Waals surface area contributed by atoms with Crippen LogP contribution in [0.1, 0.15) is 95.5 Å². The summed E-state index contributed by atoms with van der Waals surface area (Å²) in [6.45, 7) is 0. The molecular formula is C27H44N2O5. The number of rotatable bonds is 19. The van der Waals surface area contributed by atoms with E-state index in [1.807, 2.05) is 0 Å². The molecule has 1 aromatic carbocycles. The average molecular weight is 477 g/mol. The summed E-state index contributed by atoms with van der Waals surface area (Å²) in [5, 5.41) is 14.8. The van der Waals surface area contributed by atoms with E-state index in [1.165, 1.54) is 52.1 Å². The van der Waals surface area contributed by atoms with Gasteiger partial charge in [0.05, 0.1) is 7.11 Å². The molecule has 0 aliphatic rings. The van der Waals surface area contributed by atoms with Gasteiger partial charge in [-0.2, -0.15) is 0 Å². The first kappa shape index (κ1) is 29.5. The van der Waals surface area contributed by atoms with Gasteiger partial charge in [-0.15, -0.1) is 0 Å². The minimum absolute atomic E-state index is 0.135. The number of carbonyl (C=O) groups excluding carboxylic acids is 3. The third-order valence-corrected chi connectivity index (χ3v) is 6.03. The molecule has 0 aliphatic heterocycles. The SMILES string of the molecule is CNC(=O)CCCCCCCCCCCCCCC(=O)N[C@@H](Cc1ccc(O)cc1)C(=O)OC. The zero-order valence-electron chi connectivity index (χ0n) is 21.1. The number of phenolic OH excluding ortho intramolecular Hbond substituents is 1. The molecule has 0 saturated carbocycles. The molecule has 0 saturated heterocycles. The molecule has 0 aromatic heterocycles. The summed E-state index contributed by atoms with van der Waals surface area (Å²) in [7, 11) is 3.00. The number of ether oxygens (including phenoxy) is 1. The van der Waals surface area contributed by atoms with Crippen LogP contribution in [0.3, 0.4) is 0 Å². The molecule has 0 radical (unpaired) electrons. The van der Waals surface area contributed by atoms with E-state index >= 15 is 0 Å². The van der Waals surface area contributed by atoms with Crippen molar-refractivity contribution in [2.45, 2.75) is 102 Å².